The van der Waals surface area contributed by atoms with Crippen molar-refractivity contribution >= 4 is 0 Å². The highest BCUT2D eigenvalue weighted by atomic mass is 15.4. The lowest BCUT2D eigenvalue weighted by Gasteiger charge is -2.40. The van der Waals surface area contributed by atoms with Gasteiger partial charge in [-0.25, -0.2) is 0 Å². The maximum atomic E-state index is 7.80. The standard InChI is InChI=1S/C12H22N4/c1-15(13)8-5-9-7-3-11(10(9)6-8)12(4-7)16(2)14/h7-14H,3-6H2,1-2H3/q-2. The Morgan fingerprint density at radius 3 is 2.12 bits per heavy atom. The summed E-state index contributed by atoms with van der Waals surface area (Å²) in [5.74, 6) is 18.8. The van der Waals surface area contributed by atoms with E-state index in [-0.39, 0.29) is 0 Å². The van der Waals surface area contributed by atoms with Gasteiger partial charge in [0, 0.05) is 0 Å². The average Bonchev–Trinajstić information content (AvgIpc) is 2.87. The molecule has 4 heteroatoms. The molecule has 6 unspecified atom stereocenters. The Kier molecular flexibility index (Phi) is 2.51. The van der Waals surface area contributed by atoms with Crippen LogP contribution >= 0.6 is 0 Å². The highest BCUT2D eigenvalue weighted by molar-refractivity contribution is 5.08. The first-order valence-corrected chi connectivity index (χ1v) is 6.46. The van der Waals surface area contributed by atoms with Crippen LogP contribution < -0.4 is 0 Å². The average molecular weight is 222 g/mol. The van der Waals surface area contributed by atoms with Crippen LogP contribution in [-0.2, 0) is 0 Å². The number of nitrogens with zero attached hydrogens (tertiary/aromatic N) is 2. The fourth-order valence-electron chi connectivity index (χ4n) is 4.77. The molecule has 3 fully saturated rings. The van der Waals surface area contributed by atoms with Crippen LogP contribution in [0.25, 0.3) is 11.7 Å². The van der Waals surface area contributed by atoms with E-state index in [9.17, 15) is 0 Å². The van der Waals surface area contributed by atoms with E-state index in [2.05, 4.69) is 0 Å². The maximum Gasteiger partial charge on any atom is -0.00471 e. The molecule has 6 atom stereocenters. The van der Waals surface area contributed by atoms with Gasteiger partial charge in [-0.15, -0.1) is 0 Å². The largest absolute Gasteiger partial charge is 0.610 e. The Morgan fingerprint density at radius 2 is 1.50 bits per heavy atom. The second-order valence-corrected chi connectivity index (χ2v) is 6.14. The molecule has 0 aromatic carbocycles. The van der Waals surface area contributed by atoms with Crippen molar-refractivity contribution in [1.29, 1.82) is 0 Å². The van der Waals surface area contributed by atoms with Gasteiger partial charge in [-0.05, 0) is 75.5 Å². The molecule has 0 amide bonds. The predicted octanol–water partition coefficient (Wildman–Crippen LogP) is 2.59. The minimum atomic E-state index is 0.482. The van der Waals surface area contributed by atoms with Crippen LogP contribution in [0.5, 0.6) is 0 Å². The van der Waals surface area contributed by atoms with Gasteiger partial charge in [0.25, 0.3) is 0 Å². The smallest absolute Gasteiger partial charge is 0.00471 e. The van der Waals surface area contributed by atoms with Crippen LogP contribution in [0.15, 0.2) is 0 Å². The van der Waals surface area contributed by atoms with E-state index >= 15 is 0 Å². The summed E-state index contributed by atoms with van der Waals surface area (Å²) in [6.07, 6.45) is 5.04. The van der Waals surface area contributed by atoms with Crippen molar-refractivity contribution in [2.45, 2.75) is 37.8 Å². The molecule has 0 aliphatic heterocycles. The van der Waals surface area contributed by atoms with E-state index in [0.717, 1.165) is 23.7 Å². The highest BCUT2D eigenvalue weighted by Gasteiger charge is 2.55. The van der Waals surface area contributed by atoms with Crippen LogP contribution in [0.4, 0.5) is 0 Å². The van der Waals surface area contributed by atoms with Crippen LogP contribution in [0.1, 0.15) is 25.7 Å². The summed E-state index contributed by atoms with van der Waals surface area (Å²) in [5, 5.41) is 3.36. The Bertz CT molecular complexity index is 278. The van der Waals surface area contributed by atoms with E-state index in [1.165, 1.54) is 25.7 Å². The Hall–Kier alpha value is -0.160. The third-order valence-electron chi connectivity index (χ3n) is 5.45. The van der Waals surface area contributed by atoms with Gasteiger partial charge < -0.3 is 21.7 Å². The molecule has 2 N–H and O–H groups in total. The summed E-state index contributed by atoms with van der Waals surface area (Å²) in [7, 11) is 3.80. The lowest BCUT2D eigenvalue weighted by atomic mass is 9.79. The van der Waals surface area contributed by atoms with Gasteiger partial charge in [-0.1, -0.05) is 0 Å². The van der Waals surface area contributed by atoms with Gasteiger partial charge in [0.1, 0.15) is 0 Å². The molecule has 0 aromatic heterocycles. The quantitative estimate of drug-likeness (QED) is 0.674. The van der Waals surface area contributed by atoms with Gasteiger partial charge >= 0.3 is 0 Å². The number of fused-ring (bicyclic) bond motifs is 5. The van der Waals surface area contributed by atoms with Gasteiger partial charge in [0.15, 0.2) is 0 Å². The van der Waals surface area contributed by atoms with Crippen LogP contribution in [0.3, 0.4) is 0 Å². The molecule has 3 saturated carbocycles. The van der Waals surface area contributed by atoms with Gasteiger partial charge in [0.05, 0.1) is 0 Å². The van der Waals surface area contributed by atoms with Gasteiger partial charge in [-0.2, -0.15) is 0 Å². The molecule has 0 heterocycles. The van der Waals surface area contributed by atoms with Crippen molar-refractivity contribution in [3.63, 3.8) is 0 Å². The monoisotopic (exact) mass is 222 g/mol. The highest BCUT2D eigenvalue weighted by Crippen LogP contribution is 2.60. The molecule has 3 aliphatic carbocycles. The minimum absolute atomic E-state index is 0.482. The zero-order valence-corrected chi connectivity index (χ0v) is 10.2. The molecule has 0 saturated heterocycles. The zero-order valence-electron chi connectivity index (χ0n) is 10.2. The molecular weight excluding hydrogens is 200 g/mol. The van der Waals surface area contributed by atoms with Crippen molar-refractivity contribution in [3.05, 3.63) is 11.7 Å². The van der Waals surface area contributed by atoms with Crippen molar-refractivity contribution in [3.8, 4) is 0 Å². The molecule has 0 aromatic rings. The fourth-order valence-corrected chi connectivity index (χ4v) is 4.77. The fraction of sp³-hybridized carbons (Fsp3) is 1.00. The van der Waals surface area contributed by atoms with Crippen LogP contribution in [0, 0.1) is 23.7 Å². The first-order valence-electron chi connectivity index (χ1n) is 6.46. The van der Waals surface area contributed by atoms with E-state index in [0.29, 0.717) is 12.1 Å². The van der Waals surface area contributed by atoms with E-state index in [1.807, 2.05) is 14.1 Å². The van der Waals surface area contributed by atoms with Crippen molar-refractivity contribution in [2.75, 3.05) is 14.1 Å². The zero-order chi connectivity index (χ0) is 11.4. The molecule has 16 heavy (non-hydrogen) atoms. The number of nitrogens with one attached hydrogen (secondary N) is 2. The van der Waals surface area contributed by atoms with Crippen LogP contribution in [-0.4, -0.2) is 36.2 Å². The first kappa shape index (κ1) is 11.0. The van der Waals surface area contributed by atoms with Crippen molar-refractivity contribution in [1.82, 2.24) is 10.0 Å². The Labute approximate surface area is 97.9 Å². The molecule has 3 rings (SSSR count). The van der Waals surface area contributed by atoms with Gasteiger partial charge in [-0.3, -0.25) is 0 Å². The van der Waals surface area contributed by atoms with Crippen molar-refractivity contribution < 1.29 is 0 Å². The Balaban J connectivity index is 1.74. The summed E-state index contributed by atoms with van der Waals surface area (Å²) >= 11 is 0. The predicted molar refractivity (Wildman–Crippen MR) is 64.2 cm³/mol. The number of hydrogen-bond acceptors (Lipinski definition) is 2. The molecule has 0 spiro atoms. The summed E-state index contributed by atoms with van der Waals surface area (Å²) < 4.78 is 0. The second-order valence-electron chi connectivity index (χ2n) is 6.14. The third kappa shape index (κ3) is 1.44. The molecule has 3 aliphatic rings. The lowest BCUT2D eigenvalue weighted by Crippen LogP contribution is -2.36. The summed E-state index contributed by atoms with van der Waals surface area (Å²) in [4.78, 5) is 0. The van der Waals surface area contributed by atoms with E-state index in [4.69, 9.17) is 11.7 Å². The molecule has 0 radical (unpaired) electrons. The number of rotatable bonds is 2. The first-order chi connectivity index (χ1) is 7.58. The summed E-state index contributed by atoms with van der Waals surface area (Å²) in [5.41, 5.74) is 0. The molecule has 92 valence electrons. The van der Waals surface area contributed by atoms with Crippen molar-refractivity contribution in [2.24, 2.45) is 23.7 Å². The SMILES string of the molecule is CN([NH-])C1CC2C3CC(C2C1)C(N(C)[NH-])C3. The van der Waals surface area contributed by atoms with Crippen LogP contribution in [0.2, 0.25) is 0 Å². The maximum absolute atomic E-state index is 7.80. The number of hydrogen-bond donors (Lipinski definition) is 0. The summed E-state index contributed by atoms with van der Waals surface area (Å²) in [6.45, 7) is 0. The second kappa shape index (κ2) is 3.67. The topological polar surface area (TPSA) is 54.1 Å². The normalized spacial score (nSPS) is 50.6. The van der Waals surface area contributed by atoms with Gasteiger partial charge in [0.2, 0.25) is 0 Å². The Morgan fingerprint density at radius 1 is 0.812 bits per heavy atom. The summed E-state index contributed by atoms with van der Waals surface area (Å²) in [6, 6.07) is 0.983. The molecular formula is C12H22N4-2. The third-order valence-corrected chi connectivity index (χ3v) is 5.45. The lowest BCUT2D eigenvalue weighted by molar-refractivity contribution is 0.149. The molecule has 2 bridgehead atoms. The van der Waals surface area contributed by atoms with E-state index in [1.54, 1.807) is 10.0 Å². The minimum Gasteiger partial charge on any atom is -0.610 e. The molecule has 4 nitrogen and oxygen atoms in total. The van der Waals surface area contributed by atoms with E-state index < -0.39 is 0 Å².